The van der Waals surface area contributed by atoms with Gasteiger partial charge in [0.1, 0.15) is 18.0 Å². The Morgan fingerprint density at radius 2 is 2.09 bits per heavy atom. The fourth-order valence-corrected chi connectivity index (χ4v) is 2.27. The number of aliphatic hydroxyl groups is 1. The van der Waals surface area contributed by atoms with E-state index in [1.807, 2.05) is 30.3 Å². The molecule has 1 aromatic carbocycles. The van der Waals surface area contributed by atoms with Gasteiger partial charge in [0.2, 0.25) is 11.8 Å². The number of rotatable bonds is 6. The molecule has 0 aromatic heterocycles. The SMILES string of the molecule is C=CC(=O)NCCC(=O)N1C[C@@H](O)[C@H](Oc2ccccc2)C1. The van der Waals surface area contributed by atoms with Crippen LogP contribution in [0.2, 0.25) is 0 Å². The Kier molecular flexibility index (Phi) is 5.55. The number of nitrogens with one attached hydrogen (secondary N) is 1. The van der Waals surface area contributed by atoms with Gasteiger partial charge in [0, 0.05) is 13.0 Å². The topological polar surface area (TPSA) is 78.9 Å². The van der Waals surface area contributed by atoms with Crippen molar-refractivity contribution < 1.29 is 19.4 Å². The average molecular weight is 304 g/mol. The molecule has 22 heavy (non-hydrogen) atoms. The molecule has 2 atom stereocenters. The van der Waals surface area contributed by atoms with Crippen molar-refractivity contribution in [2.24, 2.45) is 0 Å². The molecule has 1 aromatic rings. The molecule has 0 radical (unpaired) electrons. The first-order valence-corrected chi connectivity index (χ1v) is 7.18. The van der Waals surface area contributed by atoms with Crippen molar-refractivity contribution in [2.45, 2.75) is 18.6 Å². The fourth-order valence-electron chi connectivity index (χ4n) is 2.27. The van der Waals surface area contributed by atoms with Gasteiger partial charge in [-0.15, -0.1) is 0 Å². The van der Waals surface area contributed by atoms with E-state index in [0.29, 0.717) is 12.3 Å². The normalized spacial score (nSPS) is 20.5. The van der Waals surface area contributed by atoms with Crippen LogP contribution in [0.15, 0.2) is 43.0 Å². The maximum atomic E-state index is 12.0. The number of ether oxygens (including phenoxy) is 1. The minimum absolute atomic E-state index is 0.123. The number of carbonyl (C=O) groups excluding carboxylic acids is 2. The Morgan fingerprint density at radius 1 is 1.36 bits per heavy atom. The molecule has 0 unspecified atom stereocenters. The van der Waals surface area contributed by atoms with Gasteiger partial charge in [-0.25, -0.2) is 0 Å². The maximum Gasteiger partial charge on any atom is 0.243 e. The number of benzene rings is 1. The first kappa shape index (κ1) is 16.0. The summed E-state index contributed by atoms with van der Waals surface area (Å²) in [4.78, 5) is 24.6. The van der Waals surface area contributed by atoms with Crippen molar-refractivity contribution in [1.82, 2.24) is 10.2 Å². The summed E-state index contributed by atoms with van der Waals surface area (Å²) in [6.45, 7) is 4.17. The molecule has 1 saturated heterocycles. The second-order valence-corrected chi connectivity index (χ2v) is 5.08. The maximum absolute atomic E-state index is 12.0. The summed E-state index contributed by atoms with van der Waals surface area (Å²) in [6.07, 6.45) is 0.194. The highest BCUT2D eigenvalue weighted by atomic mass is 16.5. The van der Waals surface area contributed by atoms with Crippen LogP contribution in [-0.2, 0) is 9.59 Å². The zero-order valence-electron chi connectivity index (χ0n) is 12.3. The number of nitrogens with zero attached hydrogens (tertiary/aromatic N) is 1. The van der Waals surface area contributed by atoms with Gasteiger partial charge in [-0.1, -0.05) is 24.8 Å². The lowest BCUT2D eigenvalue weighted by Gasteiger charge is -2.17. The minimum Gasteiger partial charge on any atom is -0.486 e. The fraction of sp³-hybridized carbons (Fsp3) is 0.375. The van der Waals surface area contributed by atoms with E-state index in [1.165, 1.54) is 0 Å². The molecule has 1 aliphatic heterocycles. The molecule has 0 bridgehead atoms. The van der Waals surface area contributed by atoms with Gasteiger partial charge in [-0.2, -0.15) is 0 Å². The van der Waals surface area contributed by atoms with Crippen LogP contribution in [0.1, 0.15) is 6.42 Å². The molecular formula is C16H20N2O4. The zero-order valence-corrected chi connectivity index (χ0v) is 12.3. The Bertz CT molecular complexity index is 532. The highest BCUT2D eigenvalue weighted by molar-refractivity contribution is 5.87. The van der Waals surface area contributed by atoms with Crippen molar-refractivity contribution in [3.63, 3.8) is 0 Å². The lowest BCUT2D eigenvalue weighted by Crippen LogP contribution is -2.34. The molecule has 2 N–H and O–H groups in total. The van der Waals surface area contributed by atoms with Crippen LogP contribution in [-0.4, -0.2) is 53.7 Å². The number of β-amino-alcohol motifs (C(OH)–C–C–N with tert-alkyl or cyclic N) is 1. The van der Waals surface area contributed by atoms with E-state index >= 15 is 0 Å². The number of amides is 2. The van der Waals surface area contributed by atoms with Gasteiger partial charge in [-0.05, 0) is 18.2 Å². The van der Waals surface area contributed by atoms with Crippen molar-refractivity contribution in [3.05, 3.63) is 43.0 Å². The van der Waals surface area contributed by atoms with E-state index in [1.54, 1.807) is 4.90 Å². The van der Waals surface area contributed by atoms with Crippen molar-refractivity contribution in [2.75, 3.05) is 19.6 Å². The molecule has 118 valence electrons. The summed E-state index contributed by atoms with van der Waals surface area (Å²) < 4.78 is 5.70. The number of carbonyl (C=O) groups is 2. The molecule has 0 saturated carbocycles. The number of likely N-dealkylation sites (tertiary alicyclic amines) is 1. The summed E-state index contributed by atoms with van der Waals surface area (Å²) in [5, 5.41) is 12.6. The van der Waals surface area contributed by atoms with Gasteiger partial charge in [0.25, 0.3) is 0 Å². The molecule has 6 nitrogen and oxygen atoms in total. The molecule has 1 aliphatic rings. The first-order valence-electron chi connectivity index (χ1n) is 7.18. The second-order valence-electron chi connectivity index (χ2n) is 5.08. The van der Waals surface area contributed by atoms with E-state index in [2.05, 4.69) is 11.9 Å². The Labute approximate surface area is 129 Å². The minimum atomic E-state index is -0.716. The smallest absolute Gasteiger partial charge is 0.243 e. The van der Waals surface area contributed by atoms with Crippen molar-refractivity contribution in [1.29, 1.82) is 0 Å². The van der Waals surface area contributed by atoms with Crippen LogP contribution >= 0.6 is 0 Å². The highest BCUT2D eigenvalue weighted by Crippen LogP contribution is 2.19. The van der Waals surface area contributed by atoms with Gasteiger partial charge in [0.15, 0.2) is 0 Å². The molecular weight excluding hydrogens is 284 g/mol. The lowest BCUT2D eigenvalue weighted by atomic mass is 10.2. The third-order valence-corrected chi connectivity index (χ3v) is 3.44. The van der Waals surface area contributed by atoms with Crippen LogP contribution in [0.25, 0.3) is 0 Å². The molecule has 0 spiro atoms. The molecule has 0 aliphatic carbocycles. The number of hydrogen-bond donors (Lipinski definition) is 2. The summed E-state index contributed by atoms with van der Waals surface area (Å²) in [5.74, 6) is 0.237. The Hall–Kier alpha value is -2.34. The van der Waals surface area contributed by atoms with Crippen molar-refractivity contribution >= 4 is 11.8 Å². The summed E-state index contributed by atoms with van der Waals surface area (Å²) >= 11 is 0. The Morgan fingerprint density at radius 3 is 2.77 bits per heavy atom. The number of aliphatic hydroxyl groups excluding tert-OH is 1. The third kappa shape index (κ3) is 4.33. The van der Waals surface area contributed by atoms with E-state index in [9.17, 15) is 14.7 Å². The second kappa shape index (κ2) is 7.61. The largest absolute Gasteiger partial charge is 0.486 e. The van der Waals surface area contributed by atoms with Gasteiger partial charge >= 0.3 is 0 Å². The van der Waals surface area contributed by atoms with Gasteiger partial charge < -0.3 is 20.1 Å². The van der Waals surface area contributed by atoms with Crippen molar-refractivity contribution in [3.8, 4) is 5.75 Å². The standard InChI is InChI=1S/C16H20N2O4/c1-2-15(20)17-9-8-16(21)18-10-13(19)14(11-18)22-12-6-4-3-5-7-12/h2-7,13-14,19H,1,8-11H2,(H,17,20)/t13-,14-/m1/s1. The summed E-state index contributed by atoms with van der Waals surface area (Å²) in [7, 11) is 0. The van der Waals surface area contributed by atoms with Gasteiger partial charge in [-0.3, -0.25) is 9.59 Å². The van der Waals surface area contributed by atoms with Crippen LogP contribution in [0.4, 0.5) is 0 Å². The third-order valence-electron chi connectivity index (χ3n) is 3.44. The molecule has 2 amide bonds. The summed E-state index contributed by atoms with van der Waals surface area (Å²) in [5.41, 5.74) is 0. The van der Waals surface area contributed by atoms with E-state index in [4.69, 9.17) is 4.74 Å². The number of hydrogen-bond acceptors (Lipinski definition) is 4. The van der Waals surface area contributed by atoms with Crippen LogP contribution < -0.4 is 10.1 Å². The average Bonchev–Trinajstić information content (AvgIpc) is 2.89. The number of para-hydroxylation sites is 1. The van der Waals surface area contributed by atoms with E-state index < -0.39 is 12.2 Å². The Balaban J connectivity index is 1.81. The quantitative estimate of drug-likeness (QED) is 0.742. The van der Waals surface area contributed by atoms with E-state index in [0.717, 1.165) is 6.08 Å². The predicted molar refractivity (Wildman–Crippen MR) is 81.3 cm³/mol. The molecule has 2 rings (SSSR count). The monoisotopic (exact) mass is 304 g/mol. The lowest BCUT2D eigenvalue weighted by molar-refractivity contribution is -0.130. The first-order chi connectivity index (χ1) is 10.6. The van der Waals surface area contributed by atoms with Crippen LogP contribution in [0.5, 0.6) is 5.75 Å². The summed E-state index contributed by atoms with van der Waals surface area (Å²) in [6, 6.07) is 9.19. The van der Waals surface area contributed by atoms with Crippen LogP contribution in [0, 0.1) is 0 Å². The molecule has 1 heterocycles. The van der Waals surface area contributed by atoms with E-state index in [-0.39, 0.29) is 31.3 Å². The van der Waals surface area contributed by atoms with Crippen LogP contribution in [0.3, 0.4) is 0 Å². The predicted octanol–water partition coefficient (Wildman–Crippen LogP) is 0.329. The highest BCUT2D eigenvalue weighted by Gasteiger charge is 2.35. The molecule has 1 fully saturated rings. The zero-order chi connectivity index (χ0) is 15.9. The molecule has 6 heteroatoms. The van der Waals surface area contributed by atoms with Gasteiger partial charge in [0.05, 0.1) is 13.1 Å².